The number of phenolic OH excluding ortho intramolecular Hbond substituents is 1. The fourth-order valence-electron chi connectivity index (χ4n) is 2.05. The summed E-state index contributed by atoms with van der Waals surface area (Å²) in [6.45, 7) is 3.68. The minimum absolute atomic E-state index is 0.234. The first-order valence-electron chi connectivity index (χ1n) is 5.02. The Hall–Kier alpha value is -1.51. The predicted molar refractivity (Wildman–Crippen MR) is 56.1 cm³/mol. The van der Waals surface area contributed by atoms with Crippen molar-refractivity contribution in [3.05, 3.63) is 28.8 Å². The van der Waals surface area contributed by atoms with Crippen molar-refractivity contribution in [2.45, 2.75) is 32.1 Å². The van der Waals surface area contributed by atoms with E-state index < -0.39 is 11.4 Å². The summed E-state index contributed by atoms with van der Waals surface area (Å²) in [5.74, 6) is -0.520. The highest BCUT2D eigenvalue weighted by molar-refractivity contribution is 5.85. The zero-order chi connectivity index (χ0) is 11.2. The molecule has 1 fully saturated rings. The number of carboxylic acids is 1. The Morgan fingerprint density at radius 2 is 1.87 bits per heavy atom. The number of phenols is 1. The van der Waals surface area contributed by atoms with Gasteiger partial charge in [0, 0.05) is 0 Å². The highest BCUT2D eigenvalue weighted by Crippen LogP contribution is 2.50. The third-order valence-corrected chi connectivity index (χ3v) is 3.43. The highest BCUT2D eigenvalue weighted by Gasteiger charge is 2.52. The number of carboxylic acid groups (broad SMARTS) is 1. The van der Waals surface area contributed by atoms with Gasteiger partial charge in [0.25, 0.3) is 0 Å². The van der Waals surface area contributed by atoms with E-state index in [2.05, 4.69) is 0 Å². The number of benzene rings is 1. The van der Waals surface area contributed by atoms with Crippen LogP contribution in [-0.4, -0.2) is 16.2 Å². The fraction of sp³-hybridized carbons (Fsp3) is 0.417. The average Bonchev–Trinajstić information content (AvgIpc) is 2.95. The molecule has 0 unspecified atom stereocenters. The topological polar surface area (TPSA) is 57.5 Å². The molecule has 2 rings (SSSR count). The van der Waals surface area contributed by atoms with Gasteiger partial charge in [0.2, 0.25) is 0 Å². The third kappa shape index (κ3) is 1.30. The minimum Gasteiger partial charge on any atom is -0.508 e. The largest absolute Gasteiger partial charge is 0.508 e. The van der Waals surface area contributed by atoms with Gasteiger partial charge in [-0.05, 0) is 49.4 Å². The highest BCUT2D eigenvalue weighted by atomic mass is 16.4. The van der Waals surface area contributed by atoms with Gasteiger partial charge >= 0.3 is 5.97 Å². The first-order valence-corrected chi connectivity index (χ1v) is 5.02. The van der Waals surface area contributed by atoms with E-state index in [0.717, 1.165) is 16.7 Å². The molecule has 80 valence electrons. The molecule has 0 saturated heterocycles. The van der Waals surface area contributed by atoms with Crippen LogP contribution in [0, 0.1) is 13.8 Å². The van der Waals surface area contributed by atoms with Crippen LogP contribution in [0.4, 0.5) is 0 Å². The second-order valence-electron chi connectivity index (χ2n) is 4.27. The quantitative estimate of drug-likeness (QED) is 0.779. The van der Waals surface area contributed by atoms with Crippen LogP contribution in [0.5, 0.6) is 5.75 Å². The van der Waals surface area contributed by atoms with E-state index in [-0.39, 0.29) is 5.75 Å². The van der Waals surface area contributed by atoms with Crippen molar-refractivity contribution in [2.75, 3.05) is 0 Å². The van der Waals surface area contributed by atoms with Crippen LogP contribution in [0.15, 0.2) is 12.1 Å². The van der Waals surface area contributed by atoms with Crippen LogP contribution in [0.1, 0.15) is 29.5 Å². The van der Waals surface area contributed by atoms with Gasteiger partial charge in [0.1, 0.15) is 5.75 Å². The molecule has 1 aromatic carbocycles. The van der Waals surface area contributed by atoms with Crippen LogP contribution in [0.3, 0.4) is 0 Å². The standard InChI is InChI=1S/C12H14O3/c1-7-8(2)10(13)4-3-9(7)12(5-6-12)11(14)15/h3-4,13H,5-6H2,1-2H3,(H,14,15). The number of hydrogen-bond acceptors (Lipinski definition) is 2. The molecule has 0 atom stereocenters. The van der Waals surface area contributed by atoms with Crippen molar-refractivity contribution in [3.8, 4) is 5.75 Å². The summed E-state index contributed by atoms with van der Waals surface area (Å²) >= 11 is 0. The summed E-state index contributed by atoms with van der Waals surface area (Å²) in [6.07, 6.45) is 1.40. The van der Waals surface area contributed by atoms with Gasteiger partial charge in [-0.2, -0.15) is 0 Å². The molecule has 0 aliphatic heterocycles. The lowest BCUT2D eigenvalue weighted by molar-refractivity contribution is -0.140. The van der Waals surface area contributed by atoms with Gasteiger partial charge in [0.15, 0.2) is 0 Å². The van der Waals surface area contributed by atoms with Crippen LogP contribution in [0.25, 0.3) is 0 Å². The molecule has 1 aromatic rings. The lowest BCUT2D eigenvalue weighted by Gasteiger charge is -2.15. The van der Waals surface area contributed by atoms with Gasteiger partial charge in [-0.3, -0.25) is 4.79 Å². The summed E-state index contributed by atoms with van der Waals surface area (Å²) in [7, 11) is 0. The van der Waals surface area contributed by atoms with Gasteiger partial charge in [-0.15, -0.1) is 0 Å². The number of hydrogen-bond donors (Lipinski definition) is 2. The molecular formula is C12H14O3. The van der Waals surface area contributed by atoms with E-state index in [1.165, 1.54) is 0 Å². The molecule has 0 spiro atoms. The Bertz CT molecular complexity index is 431. The lowest BCUT2D eigenvalue weighted by Crippen LogP contribution is -2.20. The molecule has 0 amide bonds. The van der Waals surface area contributed by atoms with Crippen molar-refractivity contribution >= 4 is 5.97 Å². The second-order valence-corrected chi connectivity index (χ2v) is 4.27. The van der Waals surface area contributed by atoms with E-state index in [0.29, 0.717) is 12.8 Å². The molecule has 1 aliphatic rings. The number of aromatic hydroxyl groups is 1. The Morgan fingerprint density at radius 1 is 1.27 bits per heavy atom. The van der Waals surface area contributed by atoms with Crippen molar-refractivity contribution in [1.29, 1.82) is 0 Å². The summed E-state index contributed by atoms with van der Waals surface area (Å²) in [5, 5.41) is 18.7. The molecule has 3 heteroatoms. The zero-order valence-corrected chi connectivity index (χ0v) is 8.87. The monoisotopic (exact) mass is 206 g/mol. The Kier molecular flexibility index (Phi) is 2.00. The Morgan fingerprint density at radius 3 is 2.33 bits per heavy atom. The van der Waals surface area contributed by atoms with Crippen LogP contribution in [-0.2, 0) is 10.2 Å². The molecule has 3 nitrogen and oxygen atoms in total. The normalized spacial score (nSPS) is 17.5. The molecule has 1 aliphatic carbocycles. The van der Waals surface area contributed by atoms with E-state index >= 15 is 0 Å². The summed E-state index contributed by atoms with van der Waals surface area (Å²) in [5.41, 5.74) is 1.85. The van der Waals surface area contributed by atoms with Crippen molar-refractivity contribution < 1.29 is 15.0 Å². The maximum absolute atomic E-state index is 11.2. The molecule has 0 heterocycles. The average molecular weight is 206 g/mol. The molecule has 0 radical (unpaired) electrons. The zero-order valence-electron chi connectivity index (χ0n) is 8.87. The molecular weight excluding hydrogens is 192 g/mol. The maximum Gasteiger partial charge on any atom is 0.314 e. The molecule has 2 N–H and O–H groups in total. The lowest BCUT2D eigenvalue weighted by atomic mass is 9.89. The number of carbonyl (C=O) groups is 1. The molecule has 0 aromatic heterocycles. The van der Waals surface area contributed by atoms with Gasteiger partial charge in [-0.1, -0.05) is 6.07 Å². The minimum atomic E-state index is -0.754. The van der Waals surface area contributed by atoms with E-state index in [4.69, 9.17) is 0 Å². The van der Waals surface area contributed by atoms with Crippen LogP contribution in [0.2, 0.25) is 0 Å². The van der Waals surface area contributed by atoms with Gasteiger partial charge < -0.3 is 10.2 Å². The fourth-order valence-corrected chi connectivity index (χ4v) is 2.05. The molecule has 1 saturated carbocycles. The van der Waals surface area contributed by atoms with E-state index in [9.17, 15) is 15.0 Å². The second kappa shape index (κ2) is 2.99. The summed E-state index contributed by atoms with van der Waals surface area (Å²) < 4.78 is 0. The summed E-state index contributed by atoms with van der Waals surface area (Å²) in [6, 6.07) is 3.32. The SMILES string of the molecule is Cc1c(O)ccc(C2(C(=O)O)CC2)c1C. The first-order chi connectivity index (χ1) is 6.99. The van der Waals surface area contributed by atoms with Crippen molar-refractivity contribution in [1.82, 2.24) is 0 Å². The Labute approximate surface area is 88.4 Å². The molecule has 0 bridgehead atoms. The van der Waals surface area contributed by atoms with E-state index in [1.807, 2.05) is 13.8 Å². The Balaban J connectivity index is 2.55. The predicted octanol–water partition coefficient (Wildman–Crippen LogP) is 2.13. The number of aliphatic carboxylic acids is 1. The molecule has 15 heavy (non-hydrogen) atoms. The third-order valence-electron chi connectivity index (χ3n) is 3.43. The van der Waals surface area contributed by atoms with E-state index in [1.54, 1.807) is 12.1 Å². The maximum atomic E-state index is 11.2. The van der Waals surface area contributed by atoms with Crippen LogP contribution >= 0.6 is 0 Å². The van der Waals surface area contributed by atoms with Crippen molar-refractivity contribution in [3.63, 3.8) is 0 Å². The number of rotatable bonds is 2. The van der Waals surface area contributed by atoms with Gasteiger partial charge in [-0.25, -0.2) is 0 Å². The van der Waals surface area contributed by atoms with Gasteiger partial charge in [0.05, 0.1) is 5.41 Å². The van der Waals surface area contributed by atoms with Crippen LogP contribution < -0.4 is 0 Å². The summed E-state index contributed by atoms with van der Waals surface area (Å²) in [4.78, 5) is 11.2. The first kappa shape index (κ1) is 10.0. The smallest absolute Gasteiger partial charge is 0.314 e. The van der Waals surface area contributed by atoms with Crippen molar-refractivity contribution in [2.24, 2.45) is 0 Å².